The van der Waals surface area contributed by atoms with Crippen LogP contribution in [-0.2, 0) is 4.79 Å². The minimum Gasteiger partial charge on any atom is -0.497 e. The van der Waals surface area contributed by atoms with Gasteiger partial charge in [0.15, 0.2) is 6.10 Å². The second-order valence-corrected chi connectivity index (χ2v) is 3.10. The van der Waals surface area contributed by atoms with E-state index in [-0.39, 0.29) is 0 Å². The summed E-state index contributed by atoms with van der Waals surface area (Å²) in [6.45, 7) is 1.84. The Labute approximate surface area is 89.0 Å². The lowest BCUT2D eigenvalue weighted by atomic mass is 10.2. The molecule has 0 fully saturated rings. The standard InChI is InChI=1S/C11H15NO3/c1-3-10(11(12)13)15-9-6-4-5-8(7-9)14-2/h4-7,10H,3H2,1-2H3,(H2,12,13)/t10-/m0/s1. The number of carbonyl (C=O) groups is 1. The molecule has 82 valence electrons. The zero-order valence-corrected chi connectivity index (χ0v) is 8.90. The van der Waals surface area contributed by atoms with E-state index in [0.29, 0.717) is 17.9 Å². The molecule has 4 heteroatoms. The van der Waals surface area contributed by atoms with Crippen LogP contribution >= 0.6 is 0 Å². The largest absolute Gasteiger partial charge is 0.497 e. The van der Waals surface area contributed by atoms with E-state index in [1.54, 1.807) is 31.4 Å². The monoisotopic (exact) mass is 209 g/mol. The molecule has 2 N–H and O–H groups in total. The molecule has 1 amide bonds. The van der Waals surface area contributed by atoms with Gasteiger partial charge < -0.3 is 15.2 Å². The number of nitrogens with two attached hydrogens (primary N) is 1. The van der Waals surface area contributed by atoms with Crippen LogP contribution in [0, 0.1) is 0 Å². The predicted octanol–water partition coefficient (Wildman–Crippen LogP) is 1.34. The zero-order chi connectivity index (χ0) is 11.3. The summed E-state index contributed by atoms with van der Waals surface area (Å²) in [6.07, 6.45) is -0.0379. The Balaban J connectivity index is 2.74. The lowest BCUT2D eigenvalue weighted by molar-refractivity contribution is -0.124. The summed E-state index contributed by atoms with van der Waals surface area (Å²) in [5, 5.41) is 0. The SMILES string of the molecule is CC[C@H](Oc1cccc(OC)c1)C(N)=O. The maximum Gasteiger partial charge on any atom is 0.258 e. The lowest BCUT2D eigenvalue weighted by Gasteiger charge is -2.14. The van der Waals surface area contributed by atoms with E-state index in [2.05, 4.69) is 0 Å². The van der Waals surface area contributed by atoms with Gasteiger partial charge in [-0.2, -0.15) is 0 Å². The Morgan fingerprint density at radius 2 is 2.13 bits per heavy atom. The lowest BCUT2D eigenvalue weighted by Crippen LogP contribution is -2.32. The summed E-state index contributed by atoms with van der Waals surface area (Å²) >= 11 is 0. The molecular formula is C11H15NO3. The smallest absolute Gasteiger partial charge is 0.258 e. The van der Waals surface area contributed by atoms with Crippen molar-refractivity contribution in [3.05, 3.63) is 24.3 Å². The average Bonchev–Trinajstić information content (AvgIpc) is 2.25. The summed E-state index contributed by atoms with van der Waals surface area (Å²) in [5.74, 6) is 0.812. The highest BCUT2D eigenvalue weighted by Crippen LogP contribution is 2.20. The van der Waals surface area contributed by atoms with Gasteiger partial charge >= 0.3 is 0 Å². The van der Waals surface area contributed by atoms with Crippen molar-refractivity contribution >= 4 is 5.91 Å². The van der Waals surface area contributed by atoms with Crippen LogP contribution in [0.15, 0.2) is 24.3 Å². The number of hydrogen-bond donors (Lipinski definition) is 1. The number of amides is 1. The minimum absolute atomic E-state index is 0.458. The van der Waals surface area contributed by atoms with Crippen LogP contribution in [0.5, 0.6) is 11.5 Å². The number of ether oxygens (including phenoxy) is 2. The van der Waals surface area contributed by atoms with Crippen molar-refractivity contribution in [3.63, 3.8) is 0 Å². The van der Waals surface area contributed by atoms with E-state index in [4.69, 9.17) is 15.2 Å². The average molecular weight is 209 g/mol. The molecule has 15 heavy (non-hydrogen) atoms. The first-order valence-corrected chi connectivity index (χ1v) is 4.77. The van der Waals surface area contributed by atoms with Crippen LogP contribution in [0.4, 0.5) is 0 Å². The van der Waals surface area contributed by atoms with Gasteiger partial charge in [-0.1, -0.05) is 13.0 Å². The molecule has 0 aliphatic carbocycles. The predicted molar refractivity (Wildman–Crippen MR) is 56.9 cm³/mol. The van der Waals surface area contributed by atoms with Crippen molar-refractivity contribution in [1.29, 1.82) is 0 Å². The molecule has 1 rings (SSSR count). The fraction of sp³-hybridized carbons (Fsp3) is 0.364. The van der Waals surface area contributed by atoms with E-state index in [1.807, 2.05) is 6.92 Å². The van der Waals surface area contributed by atoms with Crippen molar-refractivity contribution in [2.24, 2.45) is 5.73 Å². The van der Waals surface area contributed by atoms with Gasteiger partial charge in [0.2, 0.25) is 0 Å². The van der Waals surface area contributed by atoms with Gasteiger partial charge in [-0.15, -0.1) is 0 Å². The van der Waals surface area contributed by atoms with Gasteiger partial charge in [0.25, 0.3) is 5.91 Å². The third-order valence-corrected chi connectivity index (χ3v) is 2.01. The molecular weight excluding hydrogens is 194 g/mol. The topological polar surface area (TPSA) is 61.6 Å². The first-order chi connectivity index (χ1) is 7.17. The Kier molecular flexibility index (Phi) is 3.97. The number of hydrogen-bond acceptors (Lipinski definition) is 3. The highest BCUT2D eigenvalue weighted by Gasteiger charge is 2.14. The van der Waals surface area contributed by atoms with Crippen LogP contribution in [0.25, 0.3) is 0 Å². The van der Waals surface area contributed by atoms with E-state index < -0.39 is 12.0 Å². The van der Waals surface area contributed by atoms with E-state index >= 15 is 0 Å². The second-order valence-electron chi connectivity index (χ2n) is 3.10. The molecule has 4 nitrogen and oxygen atoms in total. The van der Waals surface area contributed by atoms with Gasteiger partial charge in [0, 0.05) is 6.07 Å². The molecule has 1 aromatic rings. The summed E-state index contributed by atoms with van der Waals surface area (Å²) in [7, 11) is 1.57. The Morgan fingerprint density at radius 3 is 2.67 bits per heavy atom. The second kappa shape index (κ2) is 5.24. The molecule has 0 aliphatic rings. The third kappa shape index (κ3) is 3.16. The molecule has 0 bridgehead atoms. The molecule has 1 aromatic carbocycles. The molecule has 0 aromatic heterocycles. The highest BCUT2D eigenvalue weighted by molar-refractivity contribution is 5.79. The molecule has 1 atom stereocenters. The normalized spacial score (nSPS) is 11.9. The van der Waals surface area contributed by atoms with Crippen molar-refractivity contribution < 1.29 is 14.3 Å². The maximum absolute atomic E-state index is 11.0. The van der Waals surface area contributed by atoms with Gasteiger partial charge in [-0.25, -0.2) is 0 Å². The Hall–Kier alpha value is -1.71. The molecule has 0 aliphatic heterocycles. The van der Waals surface area contributed by atoms with E-state index in [0.717, 1.165) is 0 Å². The number of primary amides is 1. The van der Waals surface area contributed by atoms with Gasteiger partial charge in [0.05, 0.1) is 7.11 Å². The fourth-order valence-electron chi connectivity index (χ4n) is 1.18. The number of methoxy groups -OCH3 is 1. The first-order valence-electron chi connectivity index (χ1n) is 4.77. The molecule has 0 saturated carbocycles. The molecule has 0 heterocycles. The van der Waals surface area contributed by atoms with Gasteiger partial charge in [-0.05, 0) is 18.6 Å². The van der Waals surface area contributed by atoms with Crippen LogP contribution in [0.3, 0.4) is 0 Å². The van der Waals surface area contributed by atoms with Crippen LogP contribution in [-0.4, -0.2) is 19.1 Å². The summed E-state index contributed by atoms with van der Waals surface area (Å²) < 4.78 is 10.4. The van der Waals surface area contributed by atoms with E-state index in [1.165, 1.54) is 0 Å². The molecule has 0 radical (unpaired) electrons. The van der Waals surface area contributed by atoms with Crippen LogP contribution < -0.4 is 15.2 Å². The van der Waals surface area contributed by atoms with E-state index in [9.17, 15) is 4.79 Å². The number of carbonyl (C=O) groups excluding carboxylic acids is 1. The molecule has 0 unspecified atom stereocenters. The first kappa shape index (κ1) is 11.4. The van der Waals surface area contributed by atoms with Crippen molar-refractivity contribution in [3.8, 4) is 11.5 Å². The van der Waals surface area contributed by atoms with Crippen LogP contribution in [0.1, 0.15) is 13.3 Å². The fourth-order valence-corrected chi connectivity index (χ4v) is 1.18. The molecule has 0 saturated heterocycles. The third-order valence-electron chi connectivity index (χ3n) is 2.01. The number of benzene rings is 1. The summed E-state index contributed by atoms with van der Waals surface area (Å²) in [6, 6.07) is 7.07. The van der Waals surface area contributed by atoms with Crippen molar-refractivity contribution in [2.75, 3.05) is 7.11 Å². The summed E-state index contributed by atoms with van der Waals surface area (Å²) in [5.41, 5.74) is 5.17. The maximum atomic E-state index is 11.0. The van der Waals surface area contributed by atoms with Crippen molar-refractivity contribution in [1.82, 2.24) is 0 Å². The van der Waals surface area contributed by atoms with Crippen molar-refractivity contribution in [2.45, 2.75) is 19.4 Å². The summed E-state index contributed by atoms with van der Waals surface area (Å²) in [4.78, 5) is 11.0. The highest BCUT2D eigenvalue weighted by atomic mass is 16.5. The van der Waals surface area contributed by atoms with Gasteiger partial charge in [0.1, 0.15) is 11.5 Å². The minimum atomic E-state index is -0.586. The zero-order valence-electron chi connectivity index (χ0n) is 8.90. The quantitative estimate of drug-likeness (QED) is 0.796. The number of rotatable bonds is 5. The molecule has 0 spiro atoms. The Morgan fingerprint density at radius 1 is 1.47 bits per heavy atom. The Bertz CT molecular complexity index is 338. The van der Waals surface area contributed by atoms with Gasteiger partial charge in [-0.3, -0.25) is 4.79 Å². The van der Waals surface area contributed by atoms with Crippen LogP contribution in [0.2, 0.25) is 0 Å².